The number of imide groups is 1. The number of methoxy groups -OCH3 is 1. The number of rotatable bonds is 18. The predicted octanol–water partition coefficient (Wildman–Crippen LogP) is 8.61. The summed E-state index contributed by atoms with van der Waals surface area (Å²) >= 11 is 8.13. The number of piperidine rings is 2. The number of para-hydroxylation sites is 2. The van der Waals surface area contributed by atoms with Crippen molar-refractivity contribution in [3.63, 3.8) is 0 Å². The van der Waals surface area contributed by atoms with Gasteiger partial charge >= 0.3 is 0 Å². The molecule has 292 valence electrons. The lowest BCUT2D eigenvalue weighted by molar-refractivity contribution is -0.134. The number of nitrogens with zero attached hydrogens (tertiary/aromatic N) is 4. The van der Waals surface area contributed by atoms with Gasteiger partial charge in [-0.3, -0.25) is 14.9 Å². The fraction of sp³-hybridized carbons (Fsp3) is 0.429. The SMILES string of the molecule is COc1cc(N2CCC(NCCCCCCCc3ccc(C4CCC(=O)NC4=O)cc3)CC2)ccc1Nc1ncc(Cl)c(Nc2ccccc2N(C)SC)n1. The zero-order valence-corrected chi connectivity index (χ0v) is 33.6. The first kappa shape index (κ1) is 40.2. The zero-order chi connectivity index (χ0) is 38.6. The van der Waals surface area contributed by atoms with Gasteiger partial charge in [0.2, 0.25) is 17.8 Å². The fourth-order valence-electron chi connectivity index (χ4n) is 7.26. The van der Waals surface area contributed by atoms with Crippen LogP contribution in [0.2, 0.25) is 5.02 Å². The van der Waals surface area contributed by atoms with E-state index >= 15 is 0 Å². The molecular weight excluding hydrogens is 732 g/mol. The standard InChI is InChI=1S/C42H53ClN8O3S/c1-50(55-3)37-13-9-8-12-35(37)46-40-34(43)28-45-42(49-40)47-36-20-18-32(27-38(36)54-2)51-25-22-31(23-26-51)44-24-10-6-4-5-7-11-29-14-16-30(17-15-29)33-19-21-39(52)48-41(33)53/h8-9,12-18,20,27-28,31,33,44H,4-7,10-11,19,21-26H2,1-3H3,(H,48,52,53)(H2,45,46,47,49). The van der Waals surface area contributed by atoms with Crippen molar-refractivity contribution in [3.8, 4) is 5.75 Å². The van der Waals surface area contributed by atoms with Crippen molar-refractivity contribution < 1.29 is 14.3 Å². The number of unbranched alkanes of at least 4 members (excludes halogenated alkanes) is 4. The first-order chi connectivity index (χ1) is 26.8. The molecule has 6 rings (SSSR count). The second-order valence-electron chi connectivity index (χ2n) is 14.2. The Bertz CT molecular complexity index is 1890. The summed E-state index contributed by atoms with van der Waals surface area (Å²) in [5, 5.41) is 13.4. The fourth-order valence-corrected chi connectivity index (χ4v) is 7.75. The number of aromatic nitrogens is 2. The smallest absolute Gasteiger partial charge is 0.234 e. The highest BCUT2D eigenvalue weighted by atomic mass is 35.5. The number of carbonyl (C=O) groups excluding carboxylic acids is 2. The van der Waals surface area contributed by atoms with Crippen molar-refractivity contribution in [1.82, 2.24) is 20.6 Å². The van der Waals surface area contributed by atoms with Gasteiger partial charge in [0.15, 0.2) is 5.82 Å². The number of halogens is 1. The lowest BCUT2D eigenvalue weighted by atomic mass is 9.89. The highest BCUT2D eigenvalue weighted by molar-refractivity contribution is 7.99. The third-order valence-electron chi connectivity index (χ3n) is 10.5. The molecular formula is C42H53ClN8O3S. The highest BCUT2D eigenvalue weighted by Gasteiger charge is 2.27. The average molecular weight is 785 g/mol. The Hall–Kier alpha value is -4.52. The largest absolute Gasteiger partial charge is 0.494 e. The normalized spacial score (nSPS) is 16.1. The van der Waals surface area contributed by atoms with E-state index in [4.69, 9.17) is 16.3 Å². The number of aryl methyl sites for hydroxylation is 1. The first-order valence-corrected chi connectivity index (χ1v) is 20.9. The Morgan fingerprint density at radius 1 is 0.945 bits per heavy atom. The number of anilines is 6. The molecule has 2 aliphatic rings. The molecule has 55 heavy (non-hydrogen) atoms. The quantitative estimate of drug-likeness (QED) is 0.0441. The van der Waals surface area contributed by atoms with Crippen LogP contribution in [0.3, 0.4) is 0 Å². The van der Waals surface area contributed by atoms with E-state index < -0.39 is 0 Å². The molecule has 11 nitrogen and oxygen atoms in total. The molecule has 2 saturated heterocycles. The second-order valence-corrected chi connectivity index (χ2v) is 15.5. The third-order valence-corrected chi connectivity index (χ3v) is 11.5. The molecule has 2 amide bonds. The van der Waals surface area contributed by atoms with Crippen LogP contribution in [0.15, 0.2) is 72.9 Å². The topological polar surface area (TPSA) is 124 Å². The minimum atomic E-state index is -0.212. The molecule has 1 aromatic heterocycles. The number of ether oxygens (including phenoxy) is 1. The number of hydrogen-bond acceptors (Lipinski definition) is 11. The number of nitrogens with one attached hydrogen (secondary N) is 4. The minimum absolute atomic E-state index is 0.169. The van der Waals surface area contributed by atoms with E-state index in [0.717, 1.165) is 73.0 Å². The molecule has 3 aromatic carbocycles. The maximum atomic E-state index is 12.2. The van der Waals surface area contributed by atoms with E-state index in [1.165, 1.54) is 37.7 Å². The van der Waals surface area contributed by atoms with E-state index in [1.54, 1.807) is 25.3 Å². The van der Waals surface area contributed by atoms with E-state index in [2.05, 4.69) is 76.8 Å². The van der Waals surface area contributed by atoms with Crippen LogP contribution >= 0.6 is 23.5 Å². The molecule has 0 spiro atoms. The van der Waals surface area contributed by atoms with Crippen molar-refractivity contribution in [2.24, 2.45) is 0 Å². The molecule has 4 aromatic rings. The van der Waals surface area contributed by atoms with Gasteiger partial charge in [-0.2, -0.15) is 4.98 Å². The van der Waals surface area contributed by atoms with Gasteiger partial charge in [-0.25, -0.2) is 4.98 Å². The summed E-state index contributed by atoms with van der Waals surface area (Å²) in [6.45, 7) is 3.04. The van der Waals surface area contributed by atoms with Gasteiger partial charge < -0.3 is 29.9 Å². The molecule has 1 atom stereocenters. The summed E-state index contributed by atoms with van der Waals surface area (Å²) in [6.07, 6.45) is 14.0. The molecule has 0 saturated carbocycles. The van der Waals surface area contributed by atoms with Crippen LogP contribution in [0.5, 0.6) is 5.75 Å². The van der Waals surface area contributed by atoms with Gasteiger partial charge in [0.25, 0.3) is 0 Å². The number of amides is 2. The Balaban J connectivity index is 0.889. The van der Waals surface area contributed by atoms with Gasteiger partial charge in [-0.05, 0) is 80.5 Å². The molecule has 2 fully saturated rings. The molecule has 0 aliphatic carbocycles. The number of benzene rings is 3. The van der Waals surface area contributed by atoms with Crippen LogP contribution < -0.4 is 35.2 Å². The molecule has 4 N–H and O–H groups in total. The summed E-state index contributed by atoms with van der Waals surface area (Å²) in [5.41, 5.74) is 6.14. The monoisotopic (exact) mass is 784 g/mol. The minimum Gasteiger partial charge on any atom is -0.494 e. The lowest BCUT2D eigenvalue weighted by Gasteiger charge is -2.34. The Labute approximate surface area is 334 Å². The van der Waals surface area contributed by atoms with Crippen molar-refractivity contribution in [2.45, 2.75) is 76.2 Å². The first-order valence-electron chi connectivity index (χ1n) is 19.3. The Kier molecular flexibility index (Phi) is 14.5. The molecule has 0 radical (unpaired) electrons. The van der Waals surface area contributed by atoms with Gasteiger partial charge in [0.05, 0.1) is 36.3 Å². The summed E-state index contributed by atoms with van der Waals surface area (Å²) < 4.78 is 7.88. The zero-order valence-electron chi connectivity index (χ0n) is 32.1. The molecule has 13 heteroatoms. The second kappa shape index (κ2) is 19.9. The number of carbonyl (C=O) groups is 2. The summed E-state index contributed by atoms with van der Waals surface area (Å²) in [6, 6.07) is 23.2. The average Bonchev–Trinajstić information content (AvgIpc) is 3.21. The summed E-state index contributed by atoms with van der Waals surface area (Å²) in [4.78, 5) is 35.1. The van der Waals surface area contributed by atoms with Crippen molar-refractivity contribution in [2.75, 3.05) is 59.9 Å². The van der Waals surface area contributed by atoms with Crippen LogP contribution in [0, 0.1) is 0 Å². The lowest BCUT2D eigenvalue weighted by Crippen LogP contribution is -2.42. The molecule has 1 unspecified atom stereocenters. The number of hydrogen-bond donors (Lipinski definition) is 4. The highest BCUT2D eigenvalue weighted by Crippen LogP contribution is 2.35. The van der Waals surface area contributed by atoms with Crippen LogP contribution in [0.4, 0.5) is 34.5 Å². The maximum Gasteiger partial charge on any atom is 0.234 e. The van der Waals surface area contributed by atoms with E-state index in [1.807, 2.05) is 43.6 Å². The van der Waals surface area contributed by atoms with Gasteiger partial charge in [0, 0.05) is 50.6 Å². The predicted molar refractivity (Wildman–Crippen MR) is 227 cm³/mol. The summed E-state index contributed by atoms with van der Waals surface area (Å²) in [5.74, 6) is 1.09. The molecule has 0 bridgehead atoms. The summed E-state index contributed by atoms with van der Waals surface area (Å²) in [7, 11) is 3.69. The molecule has 3 heterocycles. The molecule has 2 aliphatic heterocycles. The van der Waals surface area contributed by atoms with Crippen molar-refractivity contribution >= 4 is 69.9 Å². The van der Waals surface area contributed by atoms with Gasteiger partial charge in [0.1, 0.15) is 10.8 Å². The maximum absolute atomic E-state index is 12.2. The Morgan fingerprint density at radius 2 is 1.71 bits per heavy atom. The van der Waals surface area contributed by atoms with E-state index in [9.17, 15) is 9.59 Å². The van der Waals surface area contributed by atoms with Gasteiger partial charge in [-0.15, -0.1) is 0 Å². The van der Waals surface area contributed by atoms with Crippen LogP contribution in [0.25, 0.3) is 0 Å². The Morgan fingerprint density at radius 3 is 2.47 bits per heavy atom. The van der Waals surface area contributed by atoms with Crippen molar-refractivity contribution in [1.29, 1.82) is 0 Å². The van der Waals surface area contributed by atoms with Crippen LogP contribution in [-0.2, 0) is 16.0 Å². The van der Waals surface area contributed by atoms with Crippen molar-refractivity contribution in [3.05, 3.63) is 89.1 Å². The van der Waals surface area contributed by atoms with E-state index in [-0.39, 0.29) is 17.7 Å². The van der Waals surface area contributed by atoms with Crippen LogP contribution in [-0.4, -0.2) is 67.9 Å². The van der Waals surface area contributed by atoms with Crippen LogP contribution in [0.1, 0.15) is 74.8 Å². The van der Waals surface area contributed by atoms with Gasteiger partial charge in [-0.1, -0.05) is 79.2 Å². The van der Waals surface area contributed by atoms with E-state index in [0.29, 0.717) is 35.7 Å². The third kappa shape index (κ3) is 11.0.